The first-order chi connectivity index (χ1) is 5.50. The molecule has 1 aliphatic rings. The van der Waals surface area contributed by atoms with Gasteiger partial charge in [0, 0.05) is 6.21 Å². The van der Waals surface area contributed by atoms with Crippen molar-refractivity contribution in [1.82, 2.24) is 0 Å². The van der Waals surface area contributed by atoms with Gasteiger partial charge in [0.25, 0.3) is 0 Å². The first kappa shape index (κ1) is 8.96. The van der Waals surface area contributed by atoms with Gasteiger partial charge in [-0.1, -0.05) is 6.08 Å². The summed E-state index contributed by atoms with van der Waals surface area (Å²) in [5.74, 6) is -1.06. The molecule has 0 unspecified atom stereocenters. The Hall–Kier alpha value is -1.13. The summed E-state index contributed by atoms with van der Waals surface area (Å²) < 4.78 is 35.9. The molecule has 0 fully saturated rings. The maximum Gasteiger partial charge on any atom is 0.451 e. The number of nitrogens with zero attached hydrogens (tertiary/aromatic N) is 2. The van der Waals surface area contributed by atoms with Gasteiger partial charge in [-0.3, -0.25) is 4.99 Å². The molecule has 0 amide bonds. The lowest BCUT2D eigenvalue weighted by Crippen LogP contribution is -2.20. The maximum atomic E-state index is 12.0. The fourth-order valence-corrected chi connectivity index (χ4v) is 0.695. The van der Waals surface area contributed by atoms with Crippen LogP contribution in [0.1, 0.15) is 6.92 Å². The minimum absolute atomic E-state index is 0.0423. The first-order valence-electron chi connectivity index (χ1n) is 3.32. The van der Waals surface area contributed by atoms with E-state index in [4.69, 9.17) is 0 Å². The topological polar surface area (TPSA) is 24.7 Å². The molecule has 12 heavy (non-hydrogen) atoms. The molecule has 1 heterocycles. The summed E-state index contributed by atoms with van der Waals surface area (Å²) >= 11 is 0. The van der Waals surface area contributed by atoms with Crippen LogP contribution in [0.25, 0.3) is 0 Å². The zero-order chi connectivity index (χ0) is 9.19. The smallest absolute Gasteiger partial charge is 0.258 e. The highest BCUT2D eigenvalue weighted by atomic mass is 19.4. The molecule has 0 atom stereocenters. The van der Waals surface area contributed by atoms with Crippen LogP contribution in [-0.4, -0.2) is 24.8 Å². The van der Waals surface area contributed by atoms with Crippen molar-refractivity contribution in [2.24, 2.45) is 9.98 Å². The number of hydrogen-bond acceptors (Lipinski definition) is 2. The van der Waals surface area contributed by atoms with E-state index >= 15 is 0 Å². The van der Waals surface area contributed by atoms with E-state index in [1.807, 2.05) is 0 Å². The van der Waals surface area contributed by atoms with Crippen molar-refractivity contribution in [3.05, 3.63) is 11.6 Å². The Bertz CT molecular complexity index is 260. The normalized spacial score (nSPS) is 18.3. The molecule has 0 spiro atoms. The van der Waals surface area contributed by atoms with Crippen molar-refractivity contribution in [1.29, 1.82) is 0 Å². The summed E-state index contributed by atoms with van der Waals surface area (Å²) in [5, 5.41) is 0. The zero-order valence-electron chi connectivity index (χ0n) is 6.39. The third-order valence-corrected chi connectivity index (χ3v) is 1.30. The molecule has 0 radical (unpaired) electrons. The van der Waals surface area contributed by atoms with Crippen molar-refractivity contribution in [3.63, 3.8) is 0 Å². The predicted molar refractivity (Wildman–Crippen MR) is 40.6 cm³/mol. The molecule has 0 N–H and O–H groups in total. The maximum absolute atomic E-state index is 12.0. The number of hydrogen-bond donors (Lipinski definition) is 0. The van der Waals surface area contributed by atoms with Crippen molar-refractivity contribution in [2.45, 2.75) is 13.1 Å². The molecule has 1 rings (SSSR count). The van der Waals surface area contributed by atoms with Gasteiger partial charge in [0.1, 0.15) is 0 Å². The quantitative estimate of drug-likeness (QED) is 0.539. The Kier molecular flexibility index (Phi) is 2.30. The van der Waals surface area contributed by atoms with E-state index in [-0.39, 0.29) is 6.54 Å². The van der Waals surface area contributed by atoms with Gasteiger partial charge >= 0.3 is 6.18 Å². The molecule has 5 heteroatoms. The predicted octanol–water partition coefficient (Wildman–Crippen LogP) is 1.98. The van der Waals surface area contributed by atoms with Crippen LogP contribution in [0.2, 0.25) is 0 Å². The van der Waals surface area contributed by atoms with E-state index < -0.39 is 12.0 Å². The largest absolute Gasteiger partial charge is 0.451 e. The number of allylic oxidation sites excluding steroid dienone is 1. The van der Waals surface area contributed by atoms with E-state index in [2.05, 4.69) is 9.98 Å². The Labute approximate surface area is 67.5 Å². The summed E-state index contributed by atoms with van der Waals surface area (Å²) in [5.41, 5.74) is 0.693. The second-order valence-electron chi connectivity index (χ2n) is 2.37. The van der Waals surface area contributed by atoms with Gasteiger partial charge in [0.15, 0.2) is 0 Å². The van der Waals surface area contributed by atoms with E-state index in [1.54, 1.807) is 13.0 Å². The van der Waals surface area contributed by atoms with Gasteiger partial charge in [-0.2, -0.15) is 13.2 Å². The molecule has 0 bridgehead atoms. The van der Waals surface area contributed by atoms with Gasteiger partial charge in [-0.15, -0.1) is 0 Å². The third-order valence-electron chi connectivity index (χ3n) is 1.30. The molecular weight excluding hydrogens is 169 g/mol. The van der Waals surface area contributed by atoms with Crippen LogP contribution in [0, 0.1) is 0 Å². The molecule has 0 aromatic rings. The van der Waals surface area contributed by atoms with Crippen LogP contribution in [0.15, 0.2) is 21.6 Å². The summed E-state index contributed by atoms with van der Waals surface area (Å²) in [4.78, 5) is 6.47. The lowest BCUT2D eigenvalue weighted by molar-refractivity contribution is -0.0597. The summed E-state index contributed by atoms with van der Waals surface area (Å²) in [6.07, 6.45) is -1.68. The standard InChI is InChI=1S/C7H7F3N2/c1-5-2-3-11-6(12-4-5)7(8,9)10/h2,4H,3H2,1H3. The molecular formula is C7H7F3N2. The summed E-state index contributed by atoms with van der Waals surface area (Å²) in [6, 6.07) is 0. The third kappa shape index (κ3) is 2.18. The Morgan fingerprint density at radius 3 is 2.67 bits per heavy atom. The molecule has 1 aliphatic heterocycles. The van der Waals surface area contributed by atoms with Crippen LogP contribution >= 0.6 is 0 Å². The lowest BCUT2D eigenvalue weighted by Gasteiger charge is -2.02. The van der Waals surface area contributed by atoms with Crippen molar-refractivity contribution in [2.75, 3.05) is 6.54 Å². The second-order valence-corrected chi connectivity index (χ2v) is 2.37. The summed E-state index contributed by atoms with van der Waals surface area (Å²) in [7, 11) is 0. The first-order valence-corrected chi connectivity index (χ1v) is 3.32. The van der Waals surface area contributed by atoms with Gasteiger partial charge in [0.05, 0.1) is 6.54 Å². The van der Waals surface area contributed by atoms with Gasteiger partial charge in [0.2, 0.25) is 5.84 Å². The SMILES string of the molecule is CC1=CCN=C(C(F)(F)F)N=C1. The molecule has 0 saturated carbocycles. The molecule has 0 aromatic carbocycles. The van der Waals surface area contributed by atoms with Crippen LogP contribution in [0.5, 0.6) is 0 Å². The van der Waals surface area contributed by atoms with E-state index in [9.17, 15) is 13.2 Å². The number of aliphatic imine (C=N–C) groups is 2. The molecule has 2 nitrogen and oxygen atoms in total. The average Bonchev–Trinajstić information content (AvgIpc) is 2.11. The highest BCUT2D eigenvalue weighted by molar-refractivity contribution is 5.98. The van der Waals surface area contributed by atoms with Crippen molar-refractivity contribution in [3.8, 4) is 0 Å². The number of amidine groups is 1. The minimum Gasteiger partial charge on any atom is -0.258 e. The van der Waals surface area contributed by atoms with E-state index in [1.165, 1.54) is 6.21 Å². The fourth-order valence-electron chi connectivity index (χ4n) is 0.695. The second kappa shape index (κ2) is 3.08. The van der Waals surface area contributed by atoms with Crippen LogP contribution in [-0.2, 0) is 0 Å². The number of halogens is 3. The van der Waals surface area contributed by atoms with Crippen molar-refractivity contribution < 1.29 is 13.2 Å². The van der Waals surface area contributed by atoms with Gasteiger partial charge in [-0.05, 0) is 12.5 Å². The zero-order valence-corrected chi connectivity index (χ0v) is 6.39. The Morgan fingerprint density at radius 2 is 2.08 bits per heavy atom. The van der Waals surface area contributed by atoms with Crippen LogP contribution in [0.4, 0.5) is 13.2 Å². The van der Waals surface area contributed by atoms with E-state index in [0.29, 0.717) is 5.57 Å². The molecule has 0 aliphatic carbocycles. The number of rotatable bonds is 0. The highest BCUT2D eigenvalue weighted by Gasteiger charge is 2.35. The van der Waals surface area contributed by atoms with Crippen LogP contribution in [0.3, 0.4) is 0 Å². The highest BCUT2D eigenvalue weighted by Crippen LogP contribution is 2.18. The molecule has 0 saturated heterocycles. The summed E-state index contributed by atoms with van der Waals surface area (Å²) in [6.45, 7) is 1.72. The molecule has 66 valence electrons. The lowest BCUT2D eigenvalue weighted by atomic mass is 10.3. The Balaban J connectivity index is 2.85. The average molecular weight is 176 g/mol. The van der Waals surface area contributed by atoms with Crippen molar-refractivity contribution >= 4 is 12.1 Å². The van der Waals surface area contributed by atoms with E-state index in [0.717, 1.165) is 0 Å². The fraction of sp³-hybridized carbons (Fsp3) is 0.429. The van der Waals surface area contributed by atoms with Gasteiger partial charge < -0.3 is 0 Å². The van der Waals surface area contributed by atoms with Crippen LogP contribution < -0.4 is 0 Å². The monoisotopic (exact) mass is 176 g/mol. The minimum atomic E-state index is -4.44. The Morgan fingerprint density at radius 1 is 1.42 bits per heavy atom. The molecule has 0 aromatic heterocycles. The number of alkyl halides is 3. The van der Waals surface area contributed by atoms with Gasteiger partial charge in [-0.25, -0.2) is 4.99 Å².